The van der Waals surface area contributed by atoms with Crippen LogP contribution in [0.2, 0.25) is 0 Å². The summed E-state index contributed by atoms with van der Waals surface area (Å²) in [7, 11) is 0. The van der Waals surface area contributed by atoms with E-state index in [1.165, 1.54) is 5.56 Å². The maximum absolute atomic E-state index is 5.24. The van der Waals surface area contributed by atoms with Crippen LogP contribution >= 0.6 is 11.8 Å². The van der Waals surface area contributed by atoms with Crippen LogP contribution in [0, 0.1) is 0 Å². The Morgan fingerprint density at radius 3 is 2.85 bits per heavy atom. The molecule has 108 valence electrons. The van der Waals surface area contributed by atoms with E-state index in [9.17, 15) is 0 Å². The van der Waals surface area contributed by atoms with Gasteiger partial charge in [0.2, 0.25) is 5.89 Å². The van der Waals surface area contributed by atoms with Crippen molar-refractivity contribution in [2.75, 3.05) is 12.8 Å². The molecule has 0 saturated heterocycles. The van der Waals surface area contributed by atoms with Gasteiger partial charge in [-0.05, 0) is 24.8 Å². The van der Waals surface area contributed by atoms with Crippen LogP contribution in [0.15, 0.2) is 34.9 Å². The van der Waals surface area contributed by atoms with Crippen molar-refractivity contribution in [3.8, 4) is 0 Å². The molecule has 0 aliphatic rings. The lowest BCUT2D eigenvalue weighted by Crippen LogP contribution is -2.17. The van der Waals surface area contributed by atoms with Crippen LogP contribution in [0.1, 0.15) is 30.6 Å². The molecule has 5 heteroatoms. The molecule has 0 aliphatic heterocycles. The molecule has 1 atom stereocenters. The van der Waals surface area contributed by atoms with Gasteiger partial charge in [-0.1, -0.05) is 42.4 Å². The Hall–Kier alpha value is -1.33. The van der Waals surface area contributed by atoms with E-state index in [1.54, 1.807) is 0 Å². The molecule has 0 fully saturated rings. The predicted molar refractivity (Wildman–Crippen MR) is 82.8 cm³/mol. The average Bonchev–Trinajstić information content (AvgIpc) is 2.92. The van der Waals surface area contributed by atoms with Crippen molar-refractivity contribution < 1.29 is 4.52 Å². The lowest BCUT2D eigenvalue weighted by Gasteiger charge is -2.07. The van der Waals surface area contributed by atoms with Crippen molar-refractivity contribution >= 4 is 11.8 Å². The van der Waals surface area contributed by atoms with E-state index < -0.39 is 0 Å². The number of hydrogen-bond acceptors (Lipinski definition) is 5. The lowest BCUT2D eigenvalue weighted by molar-refractivity contribution is 0.363. The van der Waals surface area contributed by atoms with E-state index in [0.717, 1.165) is 18.8 Å². The zero-order valence-electron chi connectivity index (χ0n) is 12.0. The highest BCUT2D eigenvalue weighted by Gasteiger charge is 2.07. The summed E-state index contributed by atoms with van der Waals surface area (Å²) in [5.41, 5.74) is 1.20. The summed E-state index contributed by atoms with van der Waals surface area (Å²) in [6, 6.07) is 10.2. The minimum absolute atomic E-state index is 0.642. The molecule has 1 aromatic carbocycles. The zero-order valence-corrected chi connectivity index (χ0v) is 12.8. The molecule has 0 aliphatic carbocycles. The SMILES string of the molecule is CSC(C)CCNCc1nc(Cc2ccccc2)no1. The summed E-state index contributed by atoms with van der Waals surface area (Å²) < 4.78 is 5.24. The topological polar surface area (TPSA) is 51.0 Å². The van der Waals surface area contributed by atoms with Crippen molar-refractivity contribution in [3.63, 3.8) is 0 Å². The van der Waals surface area contributed by atoms with Gasteiger partial charge in [0.05, 0.1) is 6.54 Å². The Labute approximate surface area is 124 Å². The van der Waals surface area contributed by atoms with Gasteiger partial charge in [-0.2, -0.15) is 16.7 Å². The van der Waals surface area contributed by atoms with Gasteiger partial charge >= 0.3 is 0 Å². The molecule has 1 aromatic heterocycles. The Balaban J connectivity index is 1.75. The Bertz CT molecular complexity index is 501. The summed E-state index contributed by atoms with van der Waals surface area (Å²) in [5.74, 6) is 1.40. The lowest BCUT2D eigenvalue weighted by atomic mass is 10.1. The van der Waals surface area contributed by atoms with Gasteiger partial charge in [0, 0.05) is 11.7 Å². The largest absolute Gasteiger partial charge is 0.338 e. The van der Waals surface area contributed by atoms with E-state index in [-0.39, 0.29) is 0 Å². The first-order valence-electron chi connectivity index (χ1n) is 6.87. The molecule has 0 bridgehead atoms. The highest BCUT2D eigenvalue weighted by atomic mass is 32.2. The molecule has 20 heavy (non-hydrogen) atoms. The summed E-state index contributed by atoms with van der Waals surface area (Å²) in [6.45, 7) is 3.85. The molecule has 0 spiro atoms. The third-order valence-electron chi connectivity index (χ3n) is 3.12. The summed E-state index contributed by atoms with van der Waals surface area (Å²) in [6.07, 6.45) is 4.00. The molecule has 1 N–H and O–H groups in total. The summed E-state index contributed by atoms with van der Waals surface area (Å²) in [4.78, 5) is 4.40. The van der Waals surface area contributed by atoms with Gasteiger partial charge in [0.25, 0.3) is 0 Å². The number of nitrogens with one attached hydrogen (secondary N) is 1. The third kappa shape index (κ3) is 4.98. The number of nitrogens with zero attached hydrogens (tertiary/aromatic N) is 2. The first-order valence-corrected chi connectivity index (χ1v) is 8.15. The van der Waals surface area contributed by atoms with Crippen LogP contribution in [0.5, 0.6) is 0 Å². The third-order valence-corrected chi connectivity index (χ3v) is 4.16. The summed E-state index contributed by atoms with van der Waals surface area (Å²) in [5, 5.41) is 8.03. The minimum atomic E-state index is 0.642. The van der Waals surface area contributed by atoms with Crippen LogP contribution in [-0.2, 0) is 13.0 Å². The van der Waals surface area contributed by atoms with Crippen LogP contribution in [0.25, 0.3) is 0 Å². The van der Waals surface area contributed by atoms with Gasteiger partial charge in [0.1, 0.15) is 0 Å². The normalized spacial score (nSPS) is 12.5. The second-order valence-electron chi connectivity index (χ2n) is 4.78. The van der Waals surface area contributed by atoms with Gasteiger partial charge in [-0.25, -0.2) is 0 Å². The van der Waals surface area contributed by atoms with Crippen molar-refractivity contribution in [3.05, 3.63) is 47.6 Å². The van der Waals surface area contributed by atoms with E-state index in [1.807, 2.05) is 30.0 Å². The van der Waals surface area contributed by atoms with Crippen molar-refractivity contribution in [2.45, 2.75) is 31.6 Å². The van der Waals surface area contributed by atoms with Crippen LogP contribution in [0.4, 0.5) is 0 Å². The smallest absolute Gasteiger partial charge is 0.240 e. The fourth-order valence-electron chi connectivity index (χ4n) is 1.83. The molecule has 0 radical (unpaired) electrons. The first-order chi connectivity index (χ1) is 9.78. The van der Waals surface area contributed by atoms with Crippen LogP contribution in [0.3, 0.4) is 0 Å². The minimum Gasteiger partial charge on any atom is -0.338 e. The zero-order chi connectivity index (χ0) is 14.2. The molecule has 2 rings (SSSR count). The van der Waals surface area contributed by atoms with E-state index in [4.69, 9.17) is 4.52 Å². The predicted octanol–water partition coefficient (Wildman–Crippen LogP) is 2.89. The van der Waals surface area contributed by atoms with Gasteiger partial charge in [-0.3, -0.25) is 0 Å². The van der Waals surface area contributed by atoms with E-state index in [2.05, 4.69) is 40.8 Å². The van der Waals surface area contributed by atoms with Crippen LogP contribution < -0.4 is 5.32 Å². The van der Waals surface area contributed by atoms with Crippen molar-refractivity contribution in [1.82, 2.24) is 15.5 Å². The highest BCUT2D eigenvalue weighted by molar-refractivity contribution is 7.99. The monoisotopic (exact) mass is 291 g/mol. The number of benzene rings is 1. The maximum Gasteiger partial charge on any atom is 0.240 e. The number of aromatic nitrogens is 2. The molecule has 0 saturated carbocycles. The fourth-order valence-corrected chi connectivity index (χ4v) is 2.18. The number of thioether (sulfide) groups is 1. The molecular weight excluding hydrogens is 270 g/mol. The fraction of sp³-hybridized carbons (Fsp3) is 0.467. The van der Waals surface area contributed by atoms with Crippen LogP contribution in [-0.4, -0.2) is 28.2 Å². The number of rotatable bonds is 8. The second kappa shape index (κ2) is 8.07. The Kier molecular flexibility index (Phi) is 6.08. The quantitative estimate of drug-likeness (QED) is 0.758. The van der Waals surface area contributed by atoms with Gasteiger partial charge in [-0.15, -0.1) is 0 Å². The molecule has 2 aromatic rings. The molecule has 4 nitrogen and oxygen atoms in total. The molecular formula is C15H21N3OS. The summed E-state index contributed by atoms with van der Waals surface area (Å²) >= 11 is 1.88. The Morgan fingerprint density at radius 1 is 1.30 bits per heavy atom. The van der Waals surface area contributed by atoms with Gasteiger partial charge < -0.3 is 9.84 Å². The second-order valence-corrected chi connectivity index (χ2v) is 6.05. The average molecular weight is 291 g/mol. The van der Waals surface area contributed by atoms with Crippen molar-refractivity contribution in [2.24, 2.45) is 0 Å². The molecule has 1 heterocycles. The number of hydrogen-bond donors (Lipinski definition) is 1. The molecule has 1 unspecified atom stereocenters. The van der Waals surface area contributed by atoms with Crippen molar-refractivity contribution in [1.29, 1.82) is 0 Å². The first kappa shape index (κ1) is 15.1. The molecule has 0 amide bonds. The maximum atomic E-state index is 5.24. The standard InChI is InChI=1S/C15H21N3OS/c1-12(20-2)8-9-16-11-15-17-14(18-19-15)10-13-6-4-3-5-7-13/h3-7,12,16H,8-11H2,1-2H3. The van der Waals surface area contributed by atoms with E-state index >= 15 is 0 Å². The Morgan fingerprint density at radius 2 is 2.10 bits per heavy atom. The van der Waals surface area contributed by atoms with E-state index in [0.29, 0.717) is 24.1 Å². The highest BCUT2D eigenvalue weighted by Crippen LogP contribution is 2.09. The van der Waals surface area contributed by atoms with Gasteiger partial charge in [0.15, 0.2) is 5.82 Å².